The number of hydrogen-bond acceptors (Lipinski definition) is 3. The highest BCUT2D eigenvalue weighted by Gasteiger charge is 2.25. The van der Waals surface area contributed by atoms with Gasteiger partial charge >= 0.3 is 0 Å². The Morgan fingerprint density at radius 1 is 1.42 bits per heavy atom. The van der Waals surface area contributed by atoms with E-state index in [-0.39, 0.29) is 0 Å². The summed E-state index contributed by atoms with van der Waals surface area (Å²) in [5.41, 5.74) is 1.28. The fourth-order valence-corrected chi connectivity index (χ4v) is 2.82. The summed E-state index contributed by atoms with van der Waals surface area (Å²) in [6.45, 7) is 7.95. The van der Waals surface area contributed by atoms with Crippen LogP contribution in [-0.4, -0.2) is 32.8 Å². The maximum absolute atomic E-state index is 5.31. The summed E-state index contributed by atoms with van der Waals surface area (Å²) in [6, 6.07) is 9.05. The third-order valence-electron chi connectivity index (χ3n) is 3.98. The zero-order chi connectivity index (χ0) is 13.7. The minimum absolute atomic E-state index is 0.668. The second-order valence-electron chi connectivity index (χ2n) is 5.47. The second kappa shape index (κ2) is 6.80. The van der Waals surface area contributed by atoms with Crippen LogP contribution in [0.5, 0.6) is 5.75 Å². The van der Waals surface area contributed by atoms with Crippen LogP contribution in [0.25, 0.3) is 0 Å². The van der Waals surface area contributed by atoms with Gasteiger partial charge in [-0.25, -0.2) is 0 Å². The number of nitrogens with one attached hydrogen (secondary N) is 1. The molecule has 0 bridgehead atoms. The van der Waals surface area contributed by atoms with Crippen molar-refractivity contribution in [2.24, 2.45) is 5.92 Å². The Labute approximate surface area is 116 Å². The molecule has 0 saturated carbocycles. The Bertz CT molecular complexity index is 394. The van der Waals surface area contributed by atoms with Gasteiger partial charge in [0.2, 0.25) is 0 Å². The van der Waals surface area contributed by atoms with Crippen LogP contribution in [0, 0.1) is 5.92 Å². The molecule has 0 spiro atoms. The molecule has 3 nitrogen and oxygen atoms in total. The predicted octanol–water partition coefficient (Wildman–Crippen LogP) is 2.91. The molecule has 1 aromatic rings. The summed E-state index contributed by atoms with van der Waals surface area (Å²) in [6.07, 6.45) is 2.43. The lowest BCUT2D eigenvalue weighted by molar-refractivity contribution is 0.322. The van der Waals surface area contributed by atoms with Crippen LogP contribution in [0.1, 0.15) is 26.7 Å². The lowest BCUT2D eigenvalue weighted by Gasteiger charge is -2.38. The molecule has 2 unspecified atom stereocenters. The zero-order valence-corrected chi connectivity index (χ0v) is 12.4. The molecule has 0 radical (unpaired) electrons. The molecular formula is C16H26N2O. The number of anilines is 1. The van der Waals surface area contributed by atoms with E-state index < -0.39 is 0 Å². The van der Waals surface area contributed by atoms with Crippen molar-refractivity contribution >= 4 is 5.69 Å². The van der Waals surface area contributed by atoms with Crippen molar-refractivity contribution in [3.05, 3.63) is 24.3 Å². The standard InChI is InChI=1S/C16H26N2O/c1-4-9-17-16-8-10-18(12-13(16)2)14-6-5-7-15(11-14)19-3/h5-7,11,13,16-17H,4,8-10,12H2,1-3H3. The van der Waals surface area contributed by atoms with Crippen molar-refractivity contribution in [2.45, 2.75) is 32.7 Å². The first-order valence-electron chi connectivity index (χ1n) is 7.37. The molecule has 2 rings (SSSR count). The number of benzene rings is 1. The molecule has 1 aliphatic rings. The fraction of sp³-hybridized carbons (Fsp3) is 0.625. The van der Waals surface area contributed by atoms with Crippen molar-refractivity contribution in [1.82, 2.24) is 5.32 Å². The van der Waals surface area contributed by atoms with E-state index in [0.29, 0.717) is 12.0 Å². The lowest BCUT2D eigenvalue weighted by Crippen LogP contribution is -2.48. The topological polar surface area (TPSA) is 24.5 Å². The minimum atomic E-state index is 0.668. The van der Waals surface area contributed by atoms with E-state index in [1.807, 2.05) is 6.07 Å². The van der Waals surface area contributed by atoms with Crippen molar-refractivity contribution < 1.29 is 4.74 Å². The van der Waals surface area contributed by atoms with Crippen LogP contribution in [0.4, 0.5) is 5.69 Å². The SMILES string of the molecule is CCCNC1CCN(c2cccc(OC)c2)CC1C. The van der Waals surface area contributed by atoms with Crippen LogP contribution < -0.4 is 15.0 Å². The molecule has 1 heterocycles. The molecule has 3 heteroatoms. The number of methoxy groups -OCH3 is 1. The lowest BCUT2D eigenvalue weighted by atomic mass is 9.93. The van der Waals surface area contributed by atoms with Crippen LogP contribution in [0.15, 0.2) is 24.3 Å². The van der Waals surface area contributed by atoms with Gasteiger partial charge in [0, 0.05) is 30.9 Å². The van der Waals surface area contributed by atoms with Crippen molar-refractivity contribution in [3.63, 3.8) is 0 Å². The Morgan fingerprint density at radius 3 is 2.95 bits per heavy atom. The first-order valence-corrected chi connectivity index (χ1v) is 7.37. The smallest absolute Gasteiger partial charge is 0.120 e. The minimum Gasteiger partial charge on any atom is -0.497 e. The first kappa shape index (κ1) is 14.2. The molecule has 19 heavy (non-hydrogen) atoms. The van der Waals surface area contributed by atoms with E-state index in [1.165, 1.54) is 18.5 Å². The van der Waals surface area contributed by atoms with Gasteiger partial charge in [-0.05, 0) is 37.4 Å². The number of ether oxygens (including phenoxy) is 1. The molecule has 0 amide bonds. The van der Waals surface area contributed by atoms with E-state index in [0.717, 1.165) is 25.4 Å². The molecule has 106 valence electrons. The van der Waals surface area contributed by atoms with Gasteiger partial charge in [-0.2, -0.15) is 0 Å². The zero-order valence-electron chi connectivity index (χ0n) is 12.4. The summed E-state index contributed by atoms with van der Waals surface area (Å²) in [4.78, 5) is 2.47. The van der Waals surface area contributed by atoms with Crippen molar-refractivity contribution in [1.29, 1.82) is 0 Å². The highest BCUT2D eigenvalue weighted by Crippen LogP contribution is 2.26. The third kappa shape index (κ3) is 3.63. The molecule has 1 saturated heterocycles. The van der Waals surface area contributed by atoms with E-state index in [9.17, 15) is 0 Å². The Kier molecular flexibility index (Phi) is 5.08. The summed E-state index contributed by atoms with van der Waals surface area (Å²) in [7, 11) is 1.72. The van der Waals surface area contributed by atoms with Gasteiger partial charge in [0.25, 0.3) is 0 Å². The van der Waals surface area contributed by atoms with Gasteiger partial charge in [0.15, 0.2) is 0 Å². The Balaban J connectivity index is 1.97. The van der Waals surface area contributed by atoms with Crippen LogP contribution in [0.3, 0.4) is 0 Å². The fourth-order valence-electron chi connectivity index (χ4n) is 2.82. The summed E-state index contributed by atoms with van der Waals surface area (Å²) in [5.74, 6) is 1.63. The number of rotatable bonds is 5. The normalized spacial score (nSPS) is 23.4. The number of hydrogen-bond donors (Lipinski definition) is 1. The summed E-state index contributed by atoms with van der Waals surface area (Å²) in [5, 5.41) is 3.66. The van der Waals surface area contributed by atoms with E-state index in [4.69, 9.17) is 4.74 Å². The molecule has 0 aliphatic carbocycles. The highest BCUT2D eigenvalue weighted by atomic mass is 16.5. The van der Waals surface area contributed by atoms with Crippen LogP contribution >= 0.6 is 0 Å². The molecule has 1 fully saturated rings. The van der Waals surface area contributed by atoms with E-state index in [2.05, 4.69) is 42.3 Å². The largest absolute Gasteiger partial charge is 0.497 e. The van der Waals surface area contributed by atoms with Gasteiger partial charge in [-0.15, -0.1) is 0 Å². The van der Waals surface area contributed by atoms with Crippen LogP contribution in [0.2, 0.25) is 0 Å². The van der Waals surface area contributed by atoms with Gasteiger partial charge in [0.1, 0.15) is 5.75 Å². The molecule has 1 aliphatic heterocycles. The van der Waals surface area contributed by atoms with Crippen molar-refractivity contribution in [3.8, 4) is 5.75 Å². The average Bonchev–Trinajstić information content (AvgIpc) is 2.46. The average molecular weight is 262 g/mol. The van der Waals surface area contributed by atoms with E-state index >= 15 is 0 Å². The monoisotopic (exact) mass is 262 g/mol. The van der Waals surface area contributed by atoms with Gasteiger partial charge in [-0.1, -0.05) is 19.9 Å². The Morgan fingerprint density at radius 2 is 2.26 bits per heavy atom. The van der Waals surface area contributed by atoms with Crippen LogP contribution in [-0.2, 0) is 0 Å². The quantitative estimate of drug-likeness (QED) is 0.883. The molecule has 0 aromatic heterocycles. The van der Waals surface area contributed by atoms with Gasteiger partial charge in [-0.3, -0.25) is 0 Å². The Hall–Kier alpha value is -1.22. The highest BCUT2D eigenvalue weighted by molar-refractivity contribution is 5.51. The van der Waals surface area contributed by atoms with Gasteiger partial charge < -0.3 is 15.0 Å². The molecule has 1 aromatic carbocycles. The number of nitrogens with zero attached hydrogens (tertiary/aromatic N) is 1. The molecular weight excluding hydrogens is 236 g/mol. The molecule has 2 atom stereocenters. The maximum atomic E-state index is 5.31. The third-order valence-corrected chi connectivity index (χ3v) is 3.98. The summed E-state index contributed by atoms with van der Waals surface area (Å²) < 4.78 is 5.31. The molecule has 1 N–H and O–H groups in total. The maximum Gasteiger partial charge on any atom is 0.120 e. The van der Waals surface area contributed by atoms with Gasteiger partial charge in [0.05, 0.1) is 7.11 Å². The number of piperidine rings is 1. The second-order valence-corrected chi connectivity index (χ2v) is 5.47. The predicted molar refractivity (Wildman–Crippen MR) is 81.1 cm³/mol. The summed E-state index contributed by atoms with van der Waals surface area (Å²) >= 11 is 0. The first-order chi connectivity index (χ1) is 9.24. The van der Waals surface area contributed by atoms with Crippen molar-refractivity contribution in [2.75, 3.05) is 31.6 Å². The van der Waals surface area contributed by atoms with E-state index in [1.54, 1.807) is 7.11 Å².